The van der Waals surface area contributed by atoms with E-state index in [1.165, 1.54) is 38.5 Å². The fourth-order valence-corrected chi connectivity index (χ4v) is 12.4. The van der Waals surface area contributed by atoms with Crippen LogP contribution in [0.3, 0.4) is 0 Å². The average molecular weight is 571 g/mol. The first-order valence-electron chi connectivity index (χ1n) is 16.3. The smallest absolute Gasteiger partial charge is 0.297 e. The average Bonchev–Trinajstić information content (AvgIpc) is 3.36. The predicted octanol–water partition coefficient (Wildman–Crippen LogP) is 7.52. The zero-order chi connectivity index (χ0) is 28.1. The normalized spacial score (nSPS) is 50.2. The van der Waals surface area contributed by atoms with Crippen molar-refractivity contribution < 1.29 is 22.1 Å². The molecule has 2 aliphatic heterocycles. The zero-order valence-electron chi connectivity index (χ0n) is 25.2. The minimum atomic E-state index is -3.73. The zero-order valence-corrected chi connectivity index (χ0v) is 26.0. The van der Waals surface area contributed by atoms with Gasteiger partial charge in [-0.15, -0.1) is 0 Å². The Kier molecular flexibility index (Phi) is 6.63. The Balaban J connectivity index is 1.05. The number of aryl methyl sites for hydroxylation is 1. The molecule has 7 rings (SSSR count). The molecule has 1 aromatic carbocycles. The van der Waals surface area contributed by atoms with Gasteiger partial charge in [-0.05, 0) is 123 Å². The van der Waals surface area contributed by atoms with Gasteiger partial charge in [-0.1, -0.05) is 45.4 Å². The van der Waals surface area contributed by atoms with Crippen molar-refractivity contribution >= 4 is 10.1 Å². The SMILES string of the molecule is Cc1ccc(S(=O)(=O)OC2CC[C@@]3(C)C(CC[C@H]4[C@@H]5C[C@@H]6O[C@]7(CCC(C)CO7)[C@@H](C)[C@@H]6[C@@]5(C)CC[C@@H]43)C2)cc1. The van der Waals surface area contributed by atoms with Crippen molar-refractivity contribution in [1.82, 2.24) is 0 Å². The molecule has 0 N–H and O–H groups in total. The molecule has 4 saturated carbocycles. The molecule has 6 fully saturated rings. The first-order valence-corrected chi connectivity index (χ1v) is 17.7. The Bertz CT molecular complexity index is 1220. The summed E-state index contributed by atoms with van der Waals surface area (Å²) in [5, 5.41) is 0. The van der Waals surface area contributed by atoms with Crippen LogP contribution in [-0.2, 0) is 23.8 Å². The summed E-state index contributed by atoms with van der Waals surface area (Å²) in [6.07, 6.45) is 11.5. The molecule has 2 heterocycles. The maximum atomic E-state index is 13.0. The van der Waals surface area contributed by atoms with E-state index in [-0.39, 0.29) is 22.2 Å². The summed E-state index contributed by atoms with van der Waals surface area (Å²) in [5.74, 6) is 4.14. The summed E-state index contributed by atoms with van der Waals surface area (Å²) in [5.41, 5.74) is 1.68. The van der Waals surface area contributed by atoms with Crippen molar-refractivity contribution in [3.63, 3.8) is 0 Å². The van der Waals surface area contributed by atoms with Crippen LogP contribution in [0.2, 0.25) is 0 Å². The first kappa shape index (κ1) is 27.9. The molecule has 0 amide bonds. The van der Waals surface area contributed by atoms with Crippen LogP contribution in [0.5, 0.6) is 0 Å². The van der Waals surface area contributed by atoms with Crippen molar-refractivity contribution in [1.29, 1.82) is 0 Å². The van der Waals surface area contributed by atoms with E-state index in [1.807, 2.05) is 19.1 Å². The summed E-state index contributed by atoms with van der Waals surface area (Å²) >= 11 is 0. The van der Waals surface area contributed by atoms with Crippen LogP contribution >= 0.6 is 0 Å². The molecule has 1 aromatic rings. The Morgan fingerprint density at radius 3 is 2.35 bits per heavy atom. The van der Waals surface area contributed by atoms with Crippen molar-refractivity contribution in [2.24, 2.45) is 52.3 Å². The molecule has 12 atom stereocenters. The van der Waals surface area contributed by atoms with E-state index in [2.05, 4.69) is 27.7 Å². The van der Waals surface area contributed by atoms with Gasteiger partial charge in [-0.2, -0.15) is 8.42 Å². The number of ether oxygens (including phenoxy) is 2. The molecule has 5 nitrogen and oxygen atoms in total. The van der Waals surface area contributed by atoms with E-state index in [0.29, 0.717) is 35.2 Å². The van der Waals surface area contributed by atoms with Gasteiger partial charge in [0, 0.05) is 12.3 Å². The number of rotatable bonds is 3. The highest BCUT2D eigenvalue weighted by molar-refractivity contribution is 7.86. The summed E-state index contributed by atoms with van der Waals surface area (Å²) in [6.45, 7) is 12.7. The molecule has 3 unspecified atom stereocenters. The fraction of sp³-hybridized carbons (Fsp3) is 0.824. The Morgan fingerprint density at radius 2 is 1.62 bits per heavy atom. The molecule has 0 radical (unpaired) electrons. The molecule has 40 heavy (non-hydrogen) atoms. The van der Waals surface area contributed by atoms with Gasteiger partial charge in [0.05, 0.1) is 23.7 Å². The lowest BCUT2D eigenvalue weighted by Crippen LogP contribution is -2.55. The minimum absolute atomic E-state index is 0.204. The molecule has 4 aliphatic carbocycles. The van der Waals surface area contributed by atoms with Crippen LogP contribution in [0.4, 0.5) is 0 Å². The summed E-state index contributed by atoms with van der Waals surface area (Å²) in [7, 11) is -3.73. The van der Waals surface area contributed by atoms with Gasteiger partial charge in [-0.3, -0.25) is 4.18 Å². The van der Waals surface area contributed by atoms with Crippen LogP contribution in [0.1, 0.15) is 97.5 Å². The largest absolute Gasteiger partial charge is 0.349 e. The second-order valence-corrected chi connectivity index (χ2v) is 17.0. The third-order valence-corrected chi connectivity index (χ3v) is 14.8. The highest BCUT2D eigenvalue weighted by Crippen LogP contribution is 2.71. The summed E-state index contributed by atoms with van der Waals surface area (Å²) < 4.78 is 45.4. The predicted molar refractivity (Wildman–Crippen MR) is 155 cm³/mol. The van der Waals surface area contributed by atoms with Gasteiger partial charge in [0.25, 0.3) is 10.1 Å². The lowest BCUT2D eigenvalue weighted by molar-refractivity contribution is -0.273. The first-order chi connectivity index (χ1) is 19.0. The van der Waals surface area contributed by atoms with Gasteiger partial charge >= 0.3 is 0 Å². The third-order valence-electron chi connectivity index (χ3n) is 13.5. The van der Waals surface area contributed by atoms with Crippen LogP contribution in [-0.4, -0.2) is 33.0 Å². The fourth-order valence-electron chi connectivity index (χ4n) is 11.3. The van der Waals surface area contributed by atoms with E-state index in [0.717, 1.165) is 55.6 Å². The summed E-state index contributed by atoms with van der Waals surface area (Å²) in [6, 6.07) is 7.04. The molecular formula is C34H50O5S. The third kappa shape index (κ3) is 4.12. The maximum Gasteiger partial charge on any atom is 0.297 e. The molecule has 1 spiro atoms. The number of hydrogen-bond acceptors (Lipinski definition) is 5. The topological polar surface area (TPSA) is 61.8 Å². The molecule has 222 valence electrons. The van der Waals surface area contributed by atoms with E-state index >= 15 is 0 Å². The van der Waals surface area contributed by atoms with Gasteiger partial charge in [0.15, 0.2) is 5.79 Å². The van der Waals surface area contributed by atoms with Gasteiger partial charge in [0.1, 0.15) is 0 Å². The number of hydrogen-bond donors (Lipinski definition) is 0. The Labute approximate surface area is 242 Å². The van der Waals surface area contributed by atoms with Crippen LogP contribution in [0.25, 0.3) is 0 Å². The highest BCUT2D eigenvalue weighted by Gasteiger charge is 2.69. The summed E-state index contributed by atoms with van der Waals surface area (Å²) in [4.78, 5) is 0.278. The van der Waals surface area contributed by atoms with Gasteiger partial charge in [-0.25, -0.2) is 0 Å². The lowest BCUT2D eigenvalue weighted by atomic mass is 9.44. The molecule has 6 aliphatic rings. The van der Waals surface area contributed by atoms with Crippen molar-refractivity contribution in [2.45, 2.75) is 122 Å². The van der Waals surface area contributed by atoms with E-state index in [9.17, 15) is 8.42 Å². The molecule has 0 bridgehead atoms. The van der Waals surface area contributed by atoms with Crippen molar-refractivity contribution in [3.8, 4) is 0 Å². The second-order valence-electron chi connectivity index (χ2n) is 15.4. The van der Waals surface area contributed by atoms with Crippen LogP contribution < -0.4 is 0 Å². The van der Waals surface area contributed by atoms with E-state index < -0.39 is 10.1 Å². The van der Waals surface area contributed by atoms with E-state index in [1.54, 1.807) is 12.1 Å². The monoisotopic (exact) mass is 570 g/mol. The van der Waals surface area contributed by atoms with Crippen molar-refractivity contribution in [2.75, 3.05) is 6.61 Å². The van der Waals surface area contributed by atoms with Crippen molar-refractivity contribution in [3.05, 3.63) is 29.8 Å². The molecular weight excluding hydrogens is 520 g/mol. The van der Waals surface area contributed by atoms with Crippen LogP contribution in [0.15, 0.2) is 29.2 Å². The number of benzene rings is 1. The molecule has 6 heteroatoms. The Morgan fingerprint density at radius 1 is 0.875 bits per heavy atom. The van der Waals surface area contributed by atoms with Gasteiger partial charge < -0.3 is 9.47 Å². The highest BCUT2D eigenvalue weighted by atomic mass is 32.2. The quantitative estimate of drug-likeness (QED) is 0.352. The number of fused-ring (bicyclic) bond motifs is 7. The minimum Gasteiger partial charge on any atom is -0.349 e. The van der Waals surface area contributed by atoms with E-state index in [4.69, 9.17) is 13.7 Å². The standard InChI is InChI=1S/C34H50O5S/c1-21-6-9-26(10-7-21)40(35,36)39-25-13-15-32(4)24(18-25)8-11-27-28(32)14-16-33(5)29(27)19-30-31(33)23(3)34(38-30)17-12-22(2)20-37-34/h6-7,9-10,22-25,27-31H,8,11-20H2,1-5H3/t22?,23-,24?,25?,27+,28-,29-,30-,31-,32-,33-,34+/m0/s1. The van der Waals surface area contributed by atoms with Gasteiger partial charge in [0.2, 0.25) is 0 Å². The second kappa shape index (κ2) is 9.53. The molecule has 0 aromatic heterocycles. The van der Waals surface area contributed by atoms with Crippen LogP contribution in [0, 0.1) is 59.2 Å². The maximum absolute atomic E-state index is 13.0. The molecule has 2 saturated heterocycles. The lowest BCUT2D eigenvalue weighted by Gasteiger charge is -2.61. The Hall–Kier alpha value is -0.950.